The summed E-state index contributed by atoms with van der Waals surface area (Å²) in [5.74, 6) is -0.696. The normalized spacial score (nSPS) is 13.0. The standard InChI is InChI=1S/C17H18F2N2O3/c1-10(16(22)11-3-5-12(18)6-4-11)20-17(23)21-14-7-13(19)8-15(9-14)24-2/h3-10,16,22H,1-2H3,(H2,20,21,23). The molecule has 0 saturated heterocycles. The zero-order valence-electron chi connectivity index (χ0n) is 13.2. The highest BCUT2D eigenvalue weighted by Gasteiger charge is 2.18. The first-order chi connectivity index (χ1) is 11.4. The van der Waals surface area contributed by atoms with Crippen LogP contribution in [0.25, 0.3) is 0 Å². The van der Waals surface area contributed by atoms with E-state index in [0.717, 1.165) is 6.07 Å². The maximum atomic E-state index is 13.4. The van der Waals surface area contributed by atoms with Gasteiger partial charge in [0.1, 0.15) is 17.4 Å². The van der Waals surface area contributed by atoms with E-state index in [-0.39, 0.29) is 11.4 Å². The first-order valence-electron chi connectivity index (χ1n) is 7.24. The number of hydrogen-bond acceptors (Lipinski definition) is 3. The molecule has 2 unspecified atom stereocenters. The first kappa shape index (κ1) is 17.7. The fraction of sp³-hybridized carbons (Fsp3) is 0.235. The molecule has 2 aromatic rings. The van der Waals surface area contributed by atoms with Gasteiger partial charge < -0.3 is 20.5 Å². The second kappa shape index (κ2) is 7.74. The highest BCUT2D eigenvalue weighted by Crippen LogP contribution is 2.20. The maximum Gasteiger partial charge on any atom is 0.319 e. The second-order valence-electron chi connectivity index (χ2n) is 5.26. The lowest BCUT2D eigenvalue weighted by Gasteiger charge is -2.21. The Morgan fingerprint density at radius 3 is 2.42 bits per heavy atom. The molecule has 2 aromatic carbocycles. The van der Waals surface area contributed by atoms with Gasteiger partial charge in [-0.2, -0.15) is 0 Å². The van der Waals surface area contributed by atoms with Gasteiger partial charge in [-0.1, -0.05) is 12.1 Å². The number of aliphatic hydroxyl groups excluding tert-OH is 1. The summed E-state index contributed by atoms with van der Waals surface area (Å²) < 4.78 is 31.2. The number of amides is 2. The predicted molar refractivity (Wildman–Crippen MR) is 85.9 cm³/mol. The van der Waals surface area contributed by atoms with Gasteiger partial charge in [0, 0.05) is 17.8 Å². The number of aliphatic hydroxyl groups is 1. The van der Waals surface area contributed by atoms with Crippen molar-refractivity contribution in [1.82, 2.24) is 5.32 Å². The topological polar surface area (TPSA) is 70.6 Å². The molecule has 5 nitrogen and oxygen atoms in total. The Morgan fingerprint density at radius 2 is 1.79 bits per heavy atom. The van der Waals surface area contributed by atoms with Crippen molar-refractivity contribution >= 4 is 11.7 Å². The molecule has 2 amide bonds. The van der Waals surface area contributed by atoms with Crippen LogP contribution in [0.4, 0.5) is 19.3 Å². The second-order valence-corrected chi connectivity index (χ2v) is 5.26. The molecule has 0 fully saturated rings. The van der Waals surface area contributed by atoms with Crippen LogP contribution in [0, 0.1) is 11.6 Å². The number of anilines is 1. The molecule has 0 spiro atoms. The van der Waals surface area contributed by atoms with Crippen molar-refractivity contribution in [3.05, 3.63) is 59.7 Å². The fourth-order valence-electron chi connectivity index (χ4n) is 2.15. The molecule has 24 heavy (non-hydrogen) atoms. The third-order valence-corrected chi connectivity index (χ3v) is 3.41. The molecule has 128 valence electrons. The van der Waals surface area contributed by atoms with Crippen molar-refractivity contribution in [2.45, 2.75) is 19.1 Å². The Bertz CT molecular complexity index is 707. The van der Waals surface area contributed by atoms with Crippen LogP contribution in [0.2, 0.25) is 0 Å². The molecule has 0 aliphatic rings. The molecule has 0 aliphatic carbocycles. The number of carbonyl (C=O) groups is 1. The van der Waals surface area contributed by atoms with Gasteiger partial charge in [-0.15, -0.1) is 0 Å². The van der Waals surface area contributed by atoms with Gasteiger partial charge in [-0.3, -0.25) is 0 Å². The third kappa shape index (κ3) is 4.66. The van der Waals surface area contributed by atoms with Gasteiger partial charge in [-0.25, -0.2) is 13.6 Å². The van der Waals surface area contributed by atoms with Crippen molar-refractivity contribution in [3.63, 3.8) is 0 Å². The molecule has 2 rings (SSSR count). The van der Waals surface area contributed by atoms with Crippen LogP contribution in [0.15, 0.2) is 42.5 Å². The number of nitrogens with one attached hydrogen (secondary N) is 2. The number of carbonyl (C=O) groups excluding carboxylic acids is 1. The van der Waals surface area contributed by atoms with E-state index in [1.165, 1.54) is 43.5 Å². The summed E-state index contributed by atoms with van der Waals surface area (Å²) in [7, 11) is 1.39. The van der Waals surface area contributed by atoms with E-state index < -0.39 is 29.8 Å². The molecule has 0 radical (unpaired) electrons. The first-order valence-corrected chi connectivity index (χ1v) is 7.24. The summed E-state index contributed by atoms with van der Waals surface area (Å²) in [5.41, 5.74) is 0.685. The van der Waals surface area contributed by atoms with Gasteiger partial charge in [0.15, 0.2) is 0 Å². The van der Waals surface area contributed by atoms with Crippen LogP contribution in [0.3, 0.4) is 0 Å². The molecule has 0 aromatic heterocycles. The van der Waals surface area contributed by atoms with E-state index in [1.54, 1.807) is 6.92 Å². The van der Waals surface area contributed by atoms with Crippen LogP contribution >= 0.6 is 0 Å². The number of methoxy groups -OCH3 is 1. The van der Waals surface area contributed by atoms with Gasteiger partial charge in [0.2, 0.25) is 0 Å². The molecule has 0 bridgehead atoms. The Hall–Kier alpha value is -2.67. The number of rotatable bonds is 5. The number of ether oxygens (including phenoxy) is 1. The minimum Gasteiger partial charge on any atom is -0.497 e. The lowest BCUT2D eigenvalue weighted by Crippen LogP contribution is -2.39. The Balaban J connectivity index is 1.98. The summed E-state index contributed by atoms with van der Waals surface area (Å²) in [5, 5.41) is 15.2. The Morgan fingerprint density at radius 1 is 1.12 bits per heavy atom. The van der Waals surface area contributed by atoms with Crippen molar-refractivity contribution < 1.29 is 23.4 Å². The summed E-state index contributed by atoms with van der Waals surface area (Å²) in [6, 6.07) is 7.86. The molecule has 3 N–H and O–H groups in total. The molecular formula is C17H18F2N2O3. The zero-order chi connectivity index (χ0) is 17.7. The molecule has 0 aliphatic heterocycles. The highest BCUT2D eigenvalue weighted by molar-refractivity contribution is 5.89. The van der Waals surface area contributed by atoms with Crippen LogP contribution < -0.4 is 15.4 Å². The lowest BCUT2D eigenvalue weighted by atomic mass is 10.0. The zero-order valence-corrected chi connectivity index (χ0v) is 13.2. The van der Waals surface area contributed by atoms with Crippen molar-refractivity contribution in [2.24, 2.45) is 0 Å². The minimum atomic E-state index is -1.02. The van der Waals surface area contributed by atoms with Gasteiger partial charge in [-0.05, 0) is 30.7 Å². The molecule has 0 saturated carbocycles. The number of benzene rings is 2. The van der Waals surface area contributed by atoms with E-state index in [2.05, 4.69) is 10.6 Å². The quantitative estimate of drug-likeness (QED) is 0.785. The molecular weight excluding hydrogens is 318 g/mol. The molecule has 7 heteroatoms. The molecule has 0 heterocycles. The van der Waals surface area contributed by atoms with Crippen LogP contribution in [0.1, 0.15) is 18.6 Å². The molecule has 2 atom stereocenters. The van der Waals surface area contributed by atoms with Gasteiger partial charge in [0.25, 0.3) is 0 Å². The average Bonchev–Trinajstić information content (AvgIpc) is 2.54. The van der Waals surface area contributed by atoms with Crippen molar-refractivity contribution in [1.29, 1.82) is 0 Å². The lowest BCUT2D eigenvalue weighted by molar-refractivity contribution is 0.139. The number of halogens is 2. The van der Waals surface area contributed by atoms with Gasteiger partial charge >= 0.3 is 6.03 Å². The van der Waals surface area contributed by atoms with Crippen molar-refractivity contribution in [2.75, 3.05) is 12.4 Å². The highest BCUT2D eigenvalue weighted by atomic mass is 19.1. The van der Waals surface area contributed by atoms with Crippen LogP contribution in [-0.4, -0.2) is 24.3 Å². The summed E-state index contributed by atoms with van der Waals surface area (Å²) in [4.78, 5) is 12.0. The largest absolute Gasteiger partial charge is 0.497 e. The van der Waals surface area contributed by atoms with Crippen LogP contribution in [-0.2, 0) is 0 Å². The van der Waals surface area contributed by atoms with E-state index >= 15 is 0 Å². The van der Waals surface area contributed by atoms with E-state index in [4.69, 9.17) is 4.74 Å². The van der Waals surface area contributed by atoms with Gasteiger partial charge in [0.05, 0.1) is 19.3 Å². The summed E-state index contributed by atoms with van der Waals surface area (Å²) in [6.45, 7) is 1.60. The van der Waals surface area contributed by atoms with E-state index in [9.17, 15) is 18.7 Å². The fourth-order valence-corrected chi connectivity index (χ4v) is 2.15. The van der Waals surface area contributed by atoms with Crippen LogP contribution in [0.5, 0.6) is 5.75 Å². The van der Waals surface area contributed by atoms with E-state index in [0.29, 0.717) is 5.56 Å². The monoisotopic (exact) mass is 336 g/mol. The number of urea groups is 1. The Kier molecular flexibility index (Phi) is 5.70. The third-order valence-electron chi connectivity index (χ3n) is 3.41. The summed E-state index contributed by atoms with van der Waals surface area (Å²) in [6.07, 6.45) is -1.02. The minimum absolute atomic E-state index is 0.216. The van der Waals surface area contributed by atoms with Crippen molar-refractivity contribution in [3.8, 4) is 5.75 Å². The number of hydrogen-bond donors (Lipinski definition) is 3. The maximum absolute atomic E-state index is 13.4. The SMILES string of the molecule is COc1cc(F)cc(NC(=O)NC(C)C(O)c2ccc(F)cc2)c1. The smallest absolute Gasteiger partial charge is 0.319 e. The Labute approximate surface area is 138 Å². The average molecular weight is 336 g/mol. The van der Waals surface area contributed by atoms with E-state index in [1.807, 2.05) is 0 Å². The summed E-state index contributed by atoms with van der Waals surface area (Å²) >= 11 is 0. The predicted octanol–water partition coefficient (Wildman–Crippen LogP) is 3.22.